The van der Waals surface area contributed by atoms with Gasteiger partial charge in [-0.1, -0.05) is 23.0 Å². The molecule has 0 spiro atoms. The first kappa shape index (κ1) is 30.6. The molecule has 1 unspecified atom stereocenters. The molecule has 1 aliphatic heterocycles. The van der Waals surface area contributed by atoms with E-state index < -0.39 is 50.9 Å². The summed E-state index contributed by atoms with van der Waals surface area (Å²) in [5.74, 6) is 0.00236. The average Bonchev–Trinajstić information content (AvgIpc) is 3.46. The number of imidazole rings is 1. The summed E-state index contributed by atoms with van der Waals surface area (Å²) < 4.78 is 46.7. The van der Waals surface area contributed by atoms with E-state index in [1.165, 1.54) is 31.9 Å². The minimum atomic E-state index is -3.20. The Bertz CT molecular complexity index is 1380. The number of carbonyl (C=O) groups excluding carboxylic acids is 1. The van der Waals surface area contributed by atoms with Crippen LogP contribution < -0.4 is 15.2 Å². The van der Waals surface area contributed by atoms with Gasteiger partial charge in [-0.3, -0.25) is 18.8 Å². The van der Waals surface area contributed by atoms with E-state index in [9.17, 15) is 14.5 Å². The van der Waals surface area contributed by atoms with Crippen LogP contribution in [0.15, 0.2) is 36.7 Å². The SMILES string of the molecule is CCN(CC)c1nc(N)nc2c1ncn2[C@@H]1O[C@H](CON([C@@H](C)C(=O)OC)[PH](=O)Oc2ccccc2)[C@@H](O)[C@@]1(C)F. The van der Waals surface area contributed by atoms with Crippen molar-refractivity contribution in [1.29, 1.82) is 0 Å². The van der Waals surface area contributed by atoms with E-state index in [-0.39, 0.29) is 17.3 Å². The van der Waals surface area contributed by atoms with Crippen LogP contribution in [-0.2, 0) is 23.7 Å². The summed E-state index contributed by atoms with van der Waals surface area (Å²) in [6.07, 6.45) is -2.95. The summed E-state index contributed by atoms with van der Waals surface area (Å²) in [6, 6.07) is 7.15. The number of halogens is 1. The van der Waals surface area contributed by atoms with E-state index in [2.05, 4.69) is 15.0 Å². The highest BCUT2D eigenvalue weighted by atomic mass is 31.1. The molecule has 3 aromatic rings. The van der Waals surface area contributed by atoms with Crippen LogP contribution in [0.5, 0.6) is 5.75 Å². The van der Waals surface area contributed by atoms with Crippen LogP contribution in [0.25, 0.3) is 11.2 Å². The Labute approximate surface area is 237 Å². The Hall–Kier alpha value is -3.36. The predicted octanol–water partition coefficient (Wildman–Crippen LogP) is 2.50. The van der Waals surface area contributed by atoms with Gasteiger partial charge in [-0.05, 0) is 39.8 Å². The van der Waals surface area contributed by atoms with Crippen LogP contribution >= 0.6 is 8.18 Å². The van der Waals surface area contributed by atoms with Crippen LogP contribution in [0.3, 0.4) is 0 Å². The van der Waals surface area contributed by atoms with E-state index in [0.717, 1.165) is 4.83 Å². The second-order valence-corrected chi connectivity index (χ2v) is 10.7. The highest BCUT2D eigenvalue weighted by molar-refractivity contribution is 7.36. The molecule has 1 aliphatic rings. The third-order valence-corrected chi connectivity index (χ3v) is 8.14. The Balaban J connectivity index is 1.58. The van der Waals surface area contributed by atoms with Gasteiger partial charge in [0.1, 0.15) is 24.0 Å². The van der Waals surface area contributed by atoms with Crippen molar-refractivity contribution in [3.05, 3.63) is 36.7 Å². The molecule has 0 radical (unpaired) electrons. The molecule has 1 aromatic carbocycles. The summed E-state index contributed by atoms with van der Waals surface area (Å²) in [5, 5.41) is 10.9. The molecule has 0 aliphatic carbocycles. The number of aliphatic hydroxyl groups is 1. The minimum Gasteiger partial charge on any atom is -0.468 e. The molecule has 3 heterocycles. The van der Waals surface area contributed by atoms with Gasteiger partial charge in [0.15, 0.2) is 28.9 Å². The van der Waals surface area contributed by atoms with Gasteiger partial charge in [-0.15, -0.1) is 0 Å². The fraction of sp³-hybridized carbons (Fsp3) is 0.520. The molecule has 224 valence electrons. The molecule has 16 heteroatoms. The highest BCUT2D eigenvalue weighted by Gasteiger charge is 2.56. The number of hydroxylamine groups is 1. The maximum absolute atomic E-state index is 16.1. The van der Waals surface area contributed by atoms with Gasteiger partial charge in [0, 0.05) is 13.1 Å². The number of nitrogen functional groups attached to an aromatic ring is 1. The van der Waals surface area contributed by atoms with Gasteiger partial charge in [0.05, 0.1) is 20.0 Å². The number of hydrogen-bond donors (Lipinski definition) is 2. The Morgan fingerprint density at radius 3 is 2.61 bits per heavy atom. The van der Waals surface area contributed by atoms with Gasteiger partial charge >= 0.3 is 14.1 Å². The van der Waals surface area contributed by atoms with Crippen molar-refractivity contribution in [2.75, 3.05) is 37.4 Å². The van der Waals surface area contributed by atoms with E-state index in [0.29, 0.717) is 24.4 Å². The minimum absolute atomic E-state index is 0.0314. The number of ether oxygens (including phenoxy) is 2. The van der Waals surface area contributed by atoms with Crippen LogP contribution in [0.1, 0.15) is 33.9 Å². The molecule has 0 bridgehead atoms. The quantitative estimate of drug-likeness (QED) is 0.178. The second kappa shape index (κ2) is 12.7. The zero-order valence-corrected chi connectivity index (χ0v) is 24.4. The summed E-state index contributed by atoms with van der Waals surface area (Å²) in [6.45, 7) is 7.28. The van der Waals surface area contributed by atoms with Crippen molar-refractivity contribution < 1.29 is 37.7 Å². The zero-order chi connectivity index (χ0) is 29.9. The zero-order valence-electron chi connectivity index (χ0n) is 23.4. The first-order valence-electron chi connectivity index (χ1n) is 13.1. The smallest absolute Gasteiger partial charge is 0.331 e. The Kier molecular flexibility index (Phi) is 9.44. The Morgan fingerprint density at radius 2 is 1.98 bits per heavy atom. The first-order chi connectivity index (χ1) is 19.5. The number of aliphatic hydroxyl groups excluding tert-OH is 1. The molecule has 14 nitrogen and oxygen atoms in total. The van der Waals surface area contributed by atoms with Crippen LogP contribution in [0.2, 0.25) is 0 Å². The number of anilines is 2. The molecule has 6 atom stereocenters. The van der Waals surface area contributed by atoms with Crippen molar-refractivity contribution in [2.24, 2.45) is 0 Å². The monoisotopic (exact) mass is 595 g/mol. The lowest BCUT2D eigenvalue weighted by molar-refractivity contribution is -0.179. The molecule has 0 amide bonds. The van der Waals surface area contributed by atoms with Crippen molar-refractivity contribution >= 4 is 37.1 Å². The number of nitrogens with zero attached hydrogens (tertiary/aromatic N) is 6. The number of methoxy groups -OCH3 is 1. The van der Waals surface area contributed by atoms with Crippen molar-refractivity contribution in [3.63, 3.8) is 0 Å². The highest BCUT2D eigenvalue weighted by Crippen LogP contribution is 2.43. The first-order valence-corrected chi connectivity index (χ1v) is 14.3. The normalized spacial score (nSPS) is 24.0. The molecular weight excluding hydrogens is 560 g/mol. The van der Waals surface area contributed by atoms with Gasteiger partial charge in [-0.25, -0.2) is 9.37 Å². The average molecular weight is 596 g/mol. The maximum Gasteiger partial charge on any atom is 0.331 e. The number of alkyl halides is 1. The third kappa shape index (κ3) is 6.14. The van der Waals surface area contributed by atoms with E-state index in [1.807, 2.05) is 18.7 Å². The summed E-state index contributed by atoms with van der Waals surface area (Å²) in [5.41, 5.74) is 4.26. The van der Waals surface area contributed by atoms with Gasteiger partial charge in [0.25, 0.3) is 0 Å². The molecule has 1 saturated heterocycles. The molecule has 4 rings (SSSR count). The van der Waals surface area contributed by atoms with Crippen LogP contribution in [0.4, 0.5) is 16.2 Å². The molecule has 3 N–H and O–H groups in total. The predicted molar refractivity (Wildman–Crippen MR) is 148 cm³/mol. The van der Waals surface area contributed by atoms with Gasteiger partial charge in [-0.2, -0.15) is 9.97 Å². The van der Waals surface area contributed by atoms with Crippen LogP contribution in [0, 0.1) is 0 Å². The number of para-hydroxylation sites is 1. The number of carbonyl (C=O) groups is 1. The van der Waals surface area contributed by atoms with Crippen molar-refractivity contribution in [3.8, 4) is 5.75 Å². The lowest BCUT2D eigenvalue weighted by Crippen LogP contribution is -2.42. The summed E-state index contributed by atoms with van der Waals surface area (Å²) in [4.78, 5) is 33.7. The summed E-state index contributed by atoms with van der Waals surface area (Å²) >= 11 is 0. The van der Waals surface area contributed by atoms with E-state index in [1.54, 1.807) is 30.3 Å². The molecular formula is C25H35FN7O7P. The number of esters is 1. The fourth-order valence-electron chi connectivity index (χ4n) is 4.56. The third-order valence-electron chi connectivity index (χ3n) is 6.85. The number of benzene rings is 1. The largest absolute Gasteiger partial charge is 0.468 e. The molecule has 1 fully saturated rings. The van der Waals surface area contributed by atoms with E-state index >= 15 is 4.39 Å². The fourth-order valence-corrected chi connectivity index (χ4v) is 5.59. The van der Waals surface area contributed by atoms with Crippen LogP contribution in [-0.4, -0.2) is 86.2 Å². The van der Waals surface area contributed by atoms with E-state index in [4.69, 9.17) is 24.6 Å². The van der Waals surface area contributed by atoms with Gasteiger partial charge < -0.3 is 29.7 Å². The molecule has 41 heavy (non-hydrogen) atoms. The number of hydrogen-bond acceptors (Lipinski definition) is 12. The lowest BCUT2D eigenvalue weighted by Gasteiger charge is -2.27. The molecule has 0 saturated carbocycles. The topological polar surface area (TPSA) is 167 Å². The number of nitrogens with two attached hydrogens (primary N) is 1. The number of fused-ring (bicyclic) bond motifs is 1. The maximum atomic E-state index is 16.1. The lowest BCUT2D eigenvalue weighted by atomic mass is 9.98. The Morgan fingerprint density at radius 1 is 1.29 bits per heavy atom. The standard InChI is InChI=1S/C25H35FN7O7P/c1-6-31(7-2)20-18-21(30-24(27)29-20)32(14-28-18)23-25(4,26)19(34)17(39-23)13-38-33(15(3)22(35)37-5)41(36)40-16-11-9-8-10-12-16/h8-12,14-15,17,19,23,34,41H,6-7,13H2,1-5H3,(H2,27,29,30)/t15-,17+,19+,23+,25+/m0/s1. The molecule has 2 aromatic heterocycles. The van der Waals surface area contributed by atoms with Crippen molar-refractivity contribution in [2.45, 2.75) is 57.8 Å². The summed E-state index contributed by atoms with van der Waals surface area (Å²) in [7, 11) is -2.03. The number of aromatic nitrogens is 4. The van der Waals surface area contributed by atoms with Crippen molar-refractivity contribution in [1.82, 2.24) is 24.4 Å². The second-order valence-electron chi connectivity index (χ2n) is 9.53. The number of rotatable bonds is 12. The van der Waals surface area contributed by atoms with Gasteiger partial charge in [0.2, 0.25) is 5.95 Å².